The minimum atomic E-state index is -0.944. The molecule has 1 atom stereocenters. The molecule has 2 N–H and O–H groups in total. The smallest absolute Gasteiger partial charge is 0.294 e. The first-order chi connectivity index (χ1) is 12.6. The third-order valence-electron chi connectivity index (χ3n) is 4.36. The lowest BCUT2D eigenvalue weighted by Crippen LogP contribution is -2.39. The fraction of sp³-hybridized carbons (Fsp3) is 0.316. The number of ether oxygens (including phenoxy) is 1. The van der Waals surface area contributed by atoms with Gasteiger partial charge in [0.05, 0.1) is 11.6 Å². The summed E-state index contributed by atoms with van der Waals surface area (Å²) in [6, 6.07) is 8.08. The lowest BCUT2D eigenvalue weighted by atomic mass is 10.0. The van der Waals surface area contributed by atoms with Crippen LogP contribution in [0.2, 0.25) is 5.02 Å². The predicted octanol–water partition coefficient (Wildman–Crippen LogP) is 3.35. The van der Waals surface area contributed by atoms with Crippen molar-refractivity contribution < 1.29 is 9.84 Å². The van der Waals surface area contributed by atoms with Gasteiger partial charge in [0.15, 0.2) is 5.75 Å². The Morgan fingerprint density at radius 2 is 1.96 bits per heavy atom. The number of nitrogens with one attached hydrogen (secondary N) is 1. The van der Waals surface area contributed by atoms with Gasteiger partial charge in [-0.25, -0.2) is 4.98 Å². The summed E-state index contributed by atoms with van der Waals surface area (Å²) >= 11 is 5.87. The first kappa shape index (κ1) is 19.1. The maximum atomic E-state index is 12.6. The van der Waals surface area contributed by atoms with Gasteiger partial charge in [-0.15, -0.1) is 0 Å². The van der Waals surface area contributed by atoms with Gasteiger partial charge in [0.2, 0.25) is 5.95 Å². The molecule has 1 aromatic carbocycles. The van der Waals surface area contributed by atoms with E-state index >= 15 is 0 Å². The Balaban J connectivity index is 1.96. The van der Waals surface area contributed by atoms with E-state index < -0.39 is 5.60 Å². The SMILES string of the molecule is C[C@H](Nc1ncc2cc(Oc3ccc(Cl)cc3)c(=O)n(C)c2n1)C(C)(C)O. The van der Waals surface area contributed by atoms with Crippen LogP contribution >= 0.6 is 11.6 Å². The van der Waals surface area contributed by atoms with Gasteiger partial charge in [0.1, 0.15) is 11.4 Å². The van der Waals surface area contributed by atoms with E-state index in [1.54, 1.807) is 57.4 Å². The highest BCUT2D eigenvalue weighted by Crippen LogP contribution is 2.23. The number of hydrogen-bond acceptors (Lipinski definition) is 6. The van der Waals surface area contributed by atoms with Gasteiger partial charge in [-0.2, -0.15) is 4.98 Å². The van der Waals surface area contributed by atoms with E-state index in [-0.39, 0.29) is 17.4 Å². The molecular formula is C19H21ClN4O3. The van der Waals surface area contributed by atoms with E-state index in [1.165, 1.54) is 4.57 Å². The summed E-state index contributed by atoms with van der Waals surface area (Å²) in [5.74, 6) is 1.01. The van der Waals surface area contributed by atoms with Crippen molar-refractivity contribution in [3.63, 3.8) is 0 Å². The van der Waals surface area contributed by atoms with Gasteiger partial charge in [-0.05, 0) is 51.1 Å². The van der Waals surface area contributed by atoms with Crippen molar-refractivity contribution in [1.82, 2.24) is 14.5 Å². The van der Waals surface area contributed by atoms with Crippen LogP contribution in [-0.2, 0) is 7.05 Å². The van der Waals surface area contributed by atoms with Crippen molar-refractivity contribution in [2.24, 2.45) is 7.05 Å². The minimum absolute atomic E-state index is 0.168. The molecule has 27 heavy (non-hydrogen) atoms. The molecule has 2 heterocycles. The van der Waals surface area contributed by atoms with Gasteiger partial charge in [-0.3, -0.25) is 9.36 Å². The molecule has 2 aromatic heterocycles. The molecule has 0 radical (unpaired) electrons. The van der Waals surface area contributed by atoms with Gasteiger partial charge in [-0.1, -0.05) is 11.6 Å². The second-order valence-electron chi connectivity index (χ2n) is 6.92. The number of aliphatic hydroxyl groups is 1. The highest BCUT2D eigenvalue weighted by Gasteiger charge is 2.23. The Bertz CT molecular complexity index is 1030. The molecule has 0 amide bonds. The molecule has 0 fully saturated rings. The minimum Gasteiger partial charge on any atom is -0.452 e. The maximum absolute atomic E-state index is 12.6. The van der Waals surface area contributed by atoms with Gasteiger partial charge in [0, 0.05) is 23.7 Å². The van der Waals surface area contributed by atoms with Gasteiger partial charge >= 0.3 is 0 Å². The normalized spacial score (nSPS) is 12.8. The summed E-state index contributed by atoms with van der Waals surface area (Å²) in [6.45, 7) is 5.22. The Hall–Kier alpha value is -2.64. The Kier molecular flexibility index (Phi) is 5.08. The summed E-state index contributed by atoms with van der Waals surface area (Å²) < 4.78 is 7.10. The molecule has 3 aromatic rings. The molecule has 0 saturated heterocycles. The molecular weight excluding hydrogens is 368 g/mol. The average molecular weight is 389 g/mol. The van der Waals surface area contributed by atoms with Crippen LogP contribution in [0, 0.1) is 0 Å². The van der Waals surface area contributed by atoms with E-state index in [1.807, 2.05) is 6.92 Å². The standard InChI is InChI=1S/C19H21ClN4O3/c1-11(19(2,3)26)22-18-21-10-12-9-15(17(25)24(4)16(12)23-18)27-14-7-5-13(20)6-8-14/h5-11,26H,1-4H3,(H,21,22,23)/t11-/m0/s1. The molecule has 0 aliphatic carbocycles. The average Bonchev–Trinajstić information content (AvgIpc) is 2.61. The zero-order valence-electron chi connectivity index (χ0n) is 15.5. The lowest BCUT2D eigenvalue weighted by molar-refractivity contribution is 0.0646. The van der Waals surface area contributed by atoms with Crippen LogP contribution in [0.5, 0.6) is 11.5 Å². The zero-order chi connectivity index (χ0) is 19.8. The summed E-state index contributed by atoms with van der Waals surface area (Å²) in [7, 11) is 1.62. The number of aromatic nitrogens is 3. The fourth-order valence-corrected chi connectivity index (χ4v) is 2.49. The number of pyridine rings is 1. The predicted molar refractivity (Wildman–Crippen MR) is 106 cm³/mol. The van der Waals surface area contributed by atoms with Crippen LogP contribution in [0.15, 0.2) is 41.3 Å². The molecule has 142 valence electrons. The fourth-order valence-electron chi connectivity index (χ4n) is 2.36. The van der Waals surface area contributed by atoms with E-state index in [2.05, 4.69) is 15.3 Å². The van der Waals surface area contributed by atoms with Crippen molar-refractivity contribution in [2.45, 2.75) is 32.4 Å². The molecule has 7 nitrogen and oxygen atoms in total. The first-order valence-corrected chi connectivity index (χ1v) is 8.82. The monoisotopic (exact) mass is 388 g/mol. The first-order valence-electron chi connectivity index (χ1n) is 8.44. The van der Waals surface area contributed by atoms with Crippen molar-refractivity contribution in [2.75, 3.05) is 5.32 Å². The maximum Gasteiger partial charge on any atom is 0.294 e. The number of aryl methyl sites for hydroxylation is 1. The van der Waals surface area contributed by atoms with Crippen LogP contribution < -0.4 is 15.6 Å². The van der Waals surface area contributed by atoms with Crippen molar-refractivity contribution in [3.05, 3.63) is 51.9 Å². The van der Waals surface area contributed by atoms with Crippen molar-refractivity contribution in [3.8, 4) is 11.5 Å². The van der Waals surface area contributed by atoms with Crippen LogP contribution in [0.4, 0.5) is 5.95 Å². The quantitative estimate of drug-likeness (QED) is 0.696. The Labute approximate surface area is 161 Å². The summed E-state index contributed by atoms with van der Waals surface area (Å²) in [5.41, 5.74) is -0.804. The molecule has 0 saturated carbocycles. The number of benzene rings is 1. The third-order valence-corrected chi connectivity index (χ3v) is 4.61. The van der Waals surface area contributed by atoms with Crippen molar-refractivity contribution in [1.29, 1.82) is 0 Å². The third kappa shape index (κ3) is 4.20. The number of fused-ring (bicyclic) bond motifs is 1. The Morgan fingerprint density at radius 1 is 1.30 bits per heavy atom. The highest BCUT2D eigenvalue weighted by atomic mass is 35.5. The topological polar surface area (TPSA) is 89.3 Å². The molecule has 0 aliphatic rings. The summed E-state index contributed by atoms with van der Waals surface area (Å²) in [4.78, 5) is 21.3. The van der Waals surface area contributed by atoms with Crippen LogP contribution in [0.3, 0.4) is 0 Å². The lowest BCUT2D eigenvalue weighted by Gasteiger charge is -2.26. The second kappa shape index (κ2) is 7.17. The number of halogens is 1. The zero-order valence-corrected chi connectivity index (χ0v) is 16.3. The largest absolute Gasteiger partial charge is 0.452 e. The second-order valence-corrected chi connectivity index (χ2v) is 7.36. The molecule has 0 bridgehead atoms. The number of anilines is 1. The molecule has 0 aliphatic heterocycles. The van der Waals surface area contributed by atoms with Gasteiger partial charge in [0.25, 0.3) is 5.56 Å². The summed E-state index contributed by atoms with van der Waals surface area (Å²) in [5, 5.41) is 14.3. The number of nitrogens with zero attached hydrogens (tertiary/aromatic N) is 3. The van der Waals surface area contributed by atoms with E-state index in [9.17, 15) is 9.90 Å². The molecule has 0 unspecified atom stereocenters. The van der Waals surface area contributed by atoms with Gasteiger partial charge < -0.3 is 15.2 Å². The van der Waals surface area contributed by atoms with Crippen LogP contribution in [-0.4, -0.2) is 31.3 Å². The highest BCUT2D eigenvalue weighted by molar-refractivity contribution is 6.30. The van der Waals surface area contributed by atoms with Crippen LogP contribution in [0.1, 0.15) is 20.8 Å². The molecule has 8 heteroatoms. The van der Waals surface area contributed by atoms with E-state index in [4.69, 9.17) is 16.3 Å². The van der Waals surface area contributed by atoms with E-state index in [0.29, 0.717) is 27.8 Å². The number of rotatable bonds is 5. The molecule has 0 spiro atoms. The number of hydrogen-bond donors (Lipinski definition) is 2. The summed E-state index contributed by atoms with van der Waals surface area (Å²) in [6.07, 6.45) is 1.61. The van der Waals surface area contributed by atoms with Crippen molar-refractivity contribution >= 4 is 28.6 Å². The molecule has 3 rings (SSSR count). The Morgan fingerprint density at radius 3 is 2.59 bits per heavy atom. The van der Waals surface area contributed by atoms with Crippen LogP contribution in [0.25, 0.3) is 11.0 Å². The van der Waals surface area contributed by atoms with E-state index in [0.717, 1.165) is 0 Å².